The minimum atomic E-state index is -0.581. The van der Waals surface area contributed by atoms with E-state index in [1.807, 2.05) is 38.7 Å². The molecule has 2 aliphatic rings. The Labute approximate surface area is 196 Å². The number of nitrogens with one attached hydrogen (secondary N) is 2. The number of Topliss-reactive ketones (excluding diaryl/α,β-unsaturated/α-hetero) is 1. The van der Waals surface area contributed by atoms with Crippen LogP contribution < -0.4 is 11.0 Å². The van der Waals surface area contributed by atoms with Crippen molar-refractivity contribution in [2.45, 2.75) is 46.4 Å². The summed E-state index contributed by atoms with van der Waals surface area (Å²) < 4.78 is 9.27. The van der Waals surface area contributed by atoms with Crippen molar-refractivity contribution in [3.63, 3.8) is 0 Å². The van der Waals surface area contributed by atoms with Gasteiger partial charge in [0.1, 0.15) is 12.0 Å². The summed E-state index contributed by atoms with van der Waals surface area (Å²) in [5, 5.41) is 23.9. The van der Waals surface area contributed by atoms with Crippen molar-refractivity contribution >= 4 is 5.78 Å². The summed E-state index contributed by atoms with van der Waals surface area (Å²) in [7, 11) is 7.86. The molecule has 0 unspecified atom stereocenters. The first kappa shape index (κ1) is 26.3. The minimum absolute atomic E-state index is 0.0547. The Bertz CT molecular complexity index is 1050. The van der Waals surface area contributed by atoms with Gasteiger partial charge in [-0.3, -0.25) is 9.36 Å². The fraction of sp³-hybridized carbons (Fsp3) is 0.591. The Kier molecular flexibility index (Phi) is 8.63. The van der Waals surface area contributed by atoms with Gasteiger partial charge < -0.3 is 15.2 Å². The van der Waals surface area contributed by atoms with Gasteiger partial charge in [0.05, 0.1) is 12.3 Å². The van der Waals surface area contributed by atoms with Crippen molar-refractivity contribution < 1.29 is 16.6 Å². The lowest BCUT2D eigenvalue weighted by Crippen LogP contribution is -2.50. The molecule has 4 N–H and O–H groups in total. The number of carbonyl (C=O) groups excluding carboxylic acids is 1. The highest BCUT2D eigenvalue weighted by Crippen LogP contribution is 2.55. The molecule has 4 rings (SSSR count). The quantitative estimate of drug-likeness (QED) is 0.375. The smallest absolute Gasteiger partial charge is 0.226 e. The van der Waals surface area contributed by atoms with E-state index in [1.54, 1.807) is 22.0 Å². The number of hydroxylamine groups is 2. The number of nitrogens with zero attached hydrogens (tertiary/aromatic N) is 6. The summed E-state index contributed by atoms with van der Waals surface area (Å²) in [6.45, 7) is 13.5. The maximum absolute atomic E-state index is 12.8. The number of fused-ring (bicyclic) bond motifs is 3. The second-order valence-corrected chi connectivity index (χ2v) is 8.55. The number of allylic oxidation sites excluding steroid dienone is 2. The third-order valence-electron chi connectivity index (χ3n) is 6.12. The van der Waals surface area contributed by atoms with Gasteiger partial charge in [-0.05, 0) is 18.8 Å². The van der Waals surface area contributed by atoms with Crippen LogP contribution in [0, 0.1) is 17.9 Å². The van der Waals surface area contributed by atoms with Gasteiger partial charge in [0, 0.05) is 46.0 Å². The van der Waals surface area contributed by atoms with Crippen LogP contribution in [0.5, 0.6) is 0 Å². The number of ketones is 1. The standard InChI is InChI=1S/C19H22N6O.2CH5NO.CH4/c1-18(2)13-8-7-11-14(17-21-10-24(5)23-17)25(6)22-15(11)19(13,3)9-12(20-4)16(18)26;2*1-2-3;/h9-10,13H,7-8H2,1-3,5-6H3;2*2-3H,1H3;1H4/t13-,19-;;;/m0.../s1/i;;;1T. The minimum Gasteiger partial charge on any atom is -0.317 e. The van der Waals surface area contributed by atoms with E-state index >= 15 is 0 Å². The molecule has 0 fully saturated rings. The lowest BCUT2D eigenvalue weighted by atomic mass is 9.53. The summed E-state index contributed by atoms with van der Waals surface area (Å²) in [5.41, 5.74) is 5.69. The zero-order valence-corrected chi connectivity index (χ0v) is 20.6. The monoisotopic (exact) mass is 462 g/mol. The largest absolute Gasteiger partial charge is 0.317 e. The molecule has 11 nitrogen and oxygen atoms in total. The van der Waals surface area contributed by atoms with Gasteiger partial charge in [0.25, 0.3) is 0 Å². The molecule has 0 spiro atoms. The number of carbonyl (C=O) groups is 1. The lowest BCUT2D eigenvalue weighted by molar-refractivity contribution is -0.128. The molecule has 0 radical (unpaired) electrons. The van der Waals surface area contributed by atoms with Crippen LogP contribution in [-0.2, 0) is 30.7 Å². The van der Waals surface area contributed by atoms with E-state index in [0.717, 1.165) is 29.8 Å². The molecule has 2 aromatic heterocycles. The first-order valence-corrected chi connectivity index (χ1v) is 10.2. The maximum atomic E-state index is 12.8. The molecular formula is C22H36N8O3. The van der Waals surface area contributed by atoms with Crippen LogP contribution in [0.25, 0.3) is 16.4 Å². The van der Waals surface area contributed by atoms with E-state index in [0.29, 0.717) is 5.82 Å². The first-order chi connectivity index (χ1) is 16.0. The Morgan fingerprint density at radius 3 is 2.30 bits per heavy atom. The summed E-state index contributed by atoms with van der Waals surface area (Å²) in [4.78, 5) is 20.7. The molecule has 0 aliphatic heterocycles. The van der Waals surface area contributed by atoms with Crippen LogP contribution in [0.4, 0.5) is 0 Å². The fourth-order valence-corrected chi connectivity index (χ4v) is 4.92. The topological polar surface area (TPSA) is 134 Å². The van der Waals surface area contributed by atoms with E-state index in [1.165, 1.54) is 21.5 Å². The van der Waals surface area contributed by atoms with Gasteiger partial charge in [-0.2, -0.15) is 5.10 Å². The van der Waals surface area contributed by atoms with Crippen molar-refractivity contribution in [1.82, 2.24) is 35.5 Å². The lowest BCUT2D eigenvalue weighted by Gasteiger charge is -2.49. The van der Waals surface area contributed by atoms with Crippen molar-refractivity contribution in [3.05, 3.63) is 40.8 Å². The summed E-state index contributed by atoms with van der Waals surface area (Å²) in [6, 6.07) is 0. The zero-order chi connectivity index (χ0) is 26.3. The fourth-order valence-electron chi connectivity index (χ4n) is 4.92. The van der Waals surface area contributed by atoms with E-state index in [9.17, 15) is 4.79 Å². The van der Waals surface area contributed by atoms with E-state index in [-0.39, 0.29) is 17.4 Å². The van der Waals surface area contributed by atoms with Crippen molar-refractivity contribution in [3.8, 4) is 11.5 Å². The van der Waals surface area contributed by atoms with Gasteiger partial charge in [0.2, 0.25) is 5.70 Å². The number of rotatable bonds is 1. The highest BCUT2D eigenvalue weighted by atomic mass is 16.5. The van der Waals surface area contributed by atoms with E-state index in [4.69, 9.17) is 23.5 Å². The Balaban J connectivity index is 0.000000643. The van der Waals surface area contributed by atoms with Crippen LogP contribution in [0.15, 0.2) is 18.1 Å². The highest BCUT2D eigenvalue weighted by molar-refractivity contribution is 6.02. The summed E-state index contributed by atoms with van der Waals surface area (Å²) in [5.74, 6) is 0.715. The molecule has 0 amide bonds. The van der Waals surface area contributed by atoms with E-state index in [2.05, 4.69) is 21.9 Å². The predicted octanol–water partition coefficient (Wildman–Crippen LogP) is 2.27. The van der Waals surface area contributed by atoms with Crippen molar-refractivity contribution in [2.24, 2.45) is 25.4 Å². The number of hydrogen-bond acceptors (Lipinski definition) is 8. The van der Waals surface area contributed by atoms with Crippen LogP contribution in [0.3, 0.4) is 0 Å². The average molecular weight is 463 g/mol. The molecule has 2 aliphatic carbocycles. The molecule has 2 aromatic rings. The average Bonchev–Trinajstić information content (AvgIpc) is 3.36. The Morgan fingerprint density at radius 2 is 1.82 bits per heavy atom. The third-order valence-corrected chi connectivity index (χ3v) is 6.12. The first-order valence-electron chi connectivity index (χ1n) is 11.2. The van der Waals surface area contributed by atoms with E-state index < -0.39 is 10.8 Å². The molecule has 182 valence electrons. The molecule has 33 heavy (non-hydrogen) atoms. The SMILES string of the molecule is CNO.CNO.[3H]C.[C-]#[N+]C1=C[C@]2(C)c3nn(C)c(-c4ncn(C)n4)c3CC[C@H]2C(C)(C)C1=O. The molecule has 0 aromatic carbocycles. The maximum Gasteiger partial charge on any atom is 0.226 e. The number of aromatic nitrogens is 5. The van der Waals surface area contributed by atoms with Gasteiger partial charge in [-0.15, -0.1) is 5.10 Å². The highest BCUT2D eigenvalue weighted by Gasteiger charge is 2.55. The number of hydrogen-bond donors (Lipinski definition) is 4. The summed E-state index contributed by atoms with van der Waals surface area (Å²) in [6.07, 6.45) is 5.23. The Hall–Kier alpha value is -2.91. The molecule has 0 saturated carbocycles. The molecule has 0 saturated heterocycles. The third kappa shape index (κ3) is 4.89. The number of aryl methyl sites for hydroxylation is 2. The molecular weight excluding hydrogens is 424 g/mol. The zero-order valence-electron chi connectivity index (χ0n) is 21.6. The van der Waals surface area contributed by atoms with Crippen LogP contribution >= 0.6 is 0 Å². The molecule has 0 bridgehead atoms. The second-order valence-electron chi connectivity index (χ2n) is 8.55. The van der Waals surface area contributed by atoms with Gasteiger partial charge in [-0.25, -0.2) is 20.8 Å². The second kappa shape index (κ2) is 10.8. The normalized spacial score (nSPS) is 22.3. The van der Waals surface area contributed by atoms with Crippen LogP contribution in [0.2, 0.25) is 0 Å². The Morgan fingerprint density at radius 1 is 1.24 bits per heavy atom. The molecule has 2 atom stereocenters. The van der Waals surface area contributed by atoms with Crippen LogP contribution in [-0.4, -0.2) is 54.8 Å². The van der Waals surface area contributed by atoms with Crippen molar-refractivity contribution in [2.75, 3.05) is 14.1 Å². The molecule has 2 heterocycles. The van der Waals surface area contributed by atoms with Crippen LogP contribution in [0.1, 0.15) is 47.2 Å². The summed E-state index contributed by atoms with van der Waals surface area (Å²) >= 11 is 0. The van der Waals surface area contributed by atoms with Gasteiger partial charge in [0.15, 0.2) is 11.6 Å². The predicted molar refractivity (Wildman–Crippen MR) is 124 cm³/mol. The van der Waals surface area contributed by atoms with Crippen molar-refractivity contribution in [1.29, 1.82) is 0 Å². The van der Waals surface area contributed by atoms with Gasteiger partial charge in [-0.1, -0.05) is 34.2 Å². The molecule has 11 heteroatoms. The van der Waals surface area contributed by atoms with Gasteiger partial charge >= 0.3 is 0 Å².